The van der Waals surface area contributed by atoms with E-state index in [1.165, 1.54) is 0 Å². The third-order valence-corrected chi connectivity index (χ3v) is 4.35. The van der Waals surface area contributed by atoms with E-state index in [4.69, 9.17) is 0 Å². The number of benzene rings is 1. The first-order chi connectivity index (χ1) is 11.0. The van der Waals surface area contributed by atoms with E-state index in [9.17, 15) is 14.7 Å². The van der Waals surface area contributed by atoms with Gasteiger partial charge < -0.3 is 10.0 Å². The van der Waals surface area contributed by atoms with Gasteiger partial charge in [0.05, 0.1) is 23.7 Å². The maximum Gasteiger partial charge on any atom is 0.311 e. The van der Waals surface area contributed by atoms with Crippen molar-refractivity contribution in [1.29, 1.82) is 0 Å². The highest BCUT2D eigenvalue weighted by Gasteiger charge is 2.41. The highest BCUT2D eigenvalue weighted by Crippen LogP contribution is 2.30. The quantitative estimate of drug-likeness (QED) is 0.933. The molecule has 1 atom stereocenters. The van der Waals surface area contributed by atoms with Gasteiger partial charge in [-0.2, -0.15) is 5.10 Å². The van der Waals surface area contributed by atoms with Gasteiger partial charge in [-0.05, 0) is 31.0 Å². The van der Waals surface area contributed by atoms with E-state index < -0.39 is 11.4 Å². The van der Waals surface area contributed by atoms with E-state index in [2.05, 4.69) is 5.10 Å². The van der Waals surface area contributed by atoms with Gasteiger partial charge in [-0.25, -0.2) is 4.68 Å². The van der Waals surface area contributed by atoms with E-state index in [-0.39, 0.29) is 18.9 Å². The summed E-state index contributed by atoms with van der Waals surface area (Å²) in [7, 11) is 0. The van der Waals surface area contributed by atoms with Gasteiger partial charge in [0, 0.05) is 19.3 Å². The Labute approximate surface area is 134 Å². The fourth-order valence-corrected chi connectivity index (χ4v) is 2.81. The Kier molecular flexibility index (Phi) is 3.90. The summed E-state index contributed by atoms with van der Waals surface area (Å²) in [4.78, 5) is 25.3. The summed E-state index contributed by atoms with van der Waals surface area (Å²) < 4.78 is 1.73. The van der Waals surface area contributed by atoms with Crippen LogP contribution in [0.4, 0.5) is 0 Å². The molecule has 0 spiro atoms. The van der Waals surface area contributed by atoms with Crippen LogP contribution >= 0.6 is 0 Å². The molecule has 1 aromatic heterocycles. The van der Waals surface area contributed by atoms with Crippen molar-refractivity contribution in [2.24, 2.45) is 5.41 Å². The summed E-state index contributed by atoms with van der Waals surface area (Å²) in [5, 5.41) is 13.5. The number of carbonyl (C=O) groups excluding carboxylic acids is 1. The lowest BCUT2D eigenvalue weighted by Crippen LogP contribution is -2.35. The minimum atomic E-state index is -0.843. The van der Waals surface area contributed by atoms with Gasteiger partial charge >= 0.3 is 5.97 Å². The molecule has 2 heterocycles. The highest BCUT2D eigenvalue weighted by molar-refractivity contribution is 5.81. The third kappa shape index (κ3) is 3.11. The number of nitrogens with zero attached hydrogens (tertiary/aromatic N) is 3. The standard InChI is InChI=1S/C17H19N3O3/c1-17(16(22)23)7-8-19(12-17)15(21)9-13-10-18-20(11-13)14-5-3-2-4-6-14/h2-6,10-11H,7-9,12H2,1H3,(H,22,23)/t17-/m0/s1. The summed E-state index contributed by atoms with van der Waals surface area (Å²) in [5.41, 5.74) is 0.928. The molecule has 0 bridgehead atoms. The average molecular weight is 313 g/mol. The summed E-state index contributed by atoms with van der Waals surface area (Å²) in [6, 6.07) is 9.68. The van der Waals surface area contributed by atoms with Crippen LogP contribution in [0.15, 0.2) is 42.7 Å². The Morgan fingerprint density at radius 3 is 2.70 bits per heavy atom. The first-order valence-electron chi connectivity index (χ1n) is 7.58. The van der Waals surface area contributed by atoms with E-state index in [0.29, 0.717) is 13.0 Å². The molecule has 3 rings (SSSR count). The van der Waals surface area contributed by atoms with Crippen LogP contribution in [0.2, 0.25) is 0 Å². The predicted molar refractivity (Wildman–Crippen MR) is 84.2 cm³/mol. The number of likely N-dealkylation sites (tertiary alicyclic amines) is 1. The lowest BCUT2D eigenvalue weighted by Gasteiger charge is -2.19. The fourth-order valence-electron chi connectivity index (χ4n) is 2.81. The van der Waals surface area contributed by atoms with Crippen LogP contribution in [0.5, 0.6) is 0 Å². The van der Waals surface area contributed by atoms with Crippen molar-refractivity contribution in [1.82, 2.24) is 14.7 Å². The Morgan fingerprint density at radius 1 is 1.30 bits per heavy atom. The number of para-hydroxylation sites is 1. The predicted octanol–water partition coefficient (Wildman–Crippen LogP) is 1.74. The first-order valence-corrected chi connectivity index (χ1v) is 7.58. The topological polar surface area (TPSA) is 75.4 Å². The Balaban J connectivity index is 1.66. The Bertz CT molecular complexity index is 726. The molecule has 6 heteroatoms. The molecule has 1 aromatic carbocycles. The van der Waals surface area contributed by atoms with Crippen LogP contribution in [-0.4, -0.2) is 44.8 Å². The Morgan fingerprint density at radius 2 is 2.04 bits per heavy atom. The molecule has 1 amide bonds. The monoisotopic (exact) mass is 313 g/mol. The number of carboxylic acids is 1. The molecule has 1 N–H and O–H groups in total. The van der Waals surface area contributed by atoms with E-state index in [0.717, 1.165) is 11.3 Å². The molecule has 2 aromatic rings. The lowest BCUT2D eigenvalue weighted by atomic mass is 9.90. The second-order valence-corrected chi connectivity index (χ2v) is 6.24. The zero-order valence-electron chi connectivity index (χ0n) is 13.0. The van der Waals surface area contributed by atoms with Crippen LogP contribution in [-0.2, 0) is 16.0 Å². The maximum absolute atomic E-state index is 12.4. The molecular weight excluding hydrogens is 294 g/mol. The maximum atomic E-state index is 12.4. The molecule has 1 aliphatic heterocycles. The highest BCUT2D eigenvalue weighted by atomic mass is 16.4. The molecule has 1 saturated heterocycles. The van der Waals surface area contributed by atoms with Gasteiger partial charge in [-0.3, -0.25) is 9.59 Å². The van der Waals surface area contributed by atoms with Crippen LogP contribution in [0, 0.1) is 5.41 Å². The van der Waals surface area contributed by atoms with Crippen molar-refractivity contribution in [3.05, 3.63) is 48.3 Å². The van der Waals surface area contributed by atoms with Crippen molar-refractivity contribution >= 4 is 11.9 Å². The van der Waals surface area contributed by atoms with Crippen molar-refractivity contribution in [3.63, 3.8) is 0 Å². The van der Waals surface area contributed by atoms with E-state index in [1.807, 2.05) is 36.5 Å². The van der Waals surface area contributed by atoms with Crippen LogP contribution in [0.3, 0.4) is 0 Å². The van der Waals surface area contributed by atoms with E-state index in [1.54, 1.807) is 22.7 Å². The smallest absolute Gasteiger partial charge is 0.311 e. The summed E-state index contributed by atoms with van der Waals surface area (Å²) >= 11 is 0. The van der Waals surface area contributed by atoms with Gasteiger partial charge in [0.2, 0.25) is 5.91 Å². The molecule has 23 heavy (non-hydrogen) atoms. The largest absolute Gasteiger partial charge is 0.481 e. The molecule has 0 saturated carbocycles. The molecular formula is C17H19N3O3. The zero-order valence-corrected chi connectivity index (χ0v) is 13.0. The minimum absolute atomic E-state index is 0.0532. The molecule has 0 aliphatic carbocycles. The van der Waals surface area contributed by atoms with E-state index >= 15 is 0 Å². The second kappa shape index (κ2) is 5.87. The van der Waals surface area contributed by atoms with Crippen molar-refractivity contribution < 1.29 is 14.7 Å². The minimum Gasteiger partial charge on any atom is -0.481 e. The lowest BCUT2D eigenvalue weighted by molar-refractivity contribution is -0.147. The van der Waals surface area contributed by atoms with Crippen LogP contribution in [0.1, 0.15) is 18.9 Å². The molecule has 0 unspecified atom stereocenters. The number of rotatable bonds is 4. The first kappa shape index (κ1) is 15.3. The summed E-state index contributed by atoms with van der Waals surface area (Å²) in [6.45, 7) is 2.46. The summed E-state index contributed by atoms with van der Waals surface area (Å²) in [5.74, 6) is -0.896. The fraction of sp³-hybridized carbons (Fsp3) is 0.353. The number of amides is 1. The van der Waals surface area contributed by atoms with Gasteiger partial charge in [0.15, 0.2) is 0 Å². The number of hydrogen-bond donors (Lipinski definition) is 1. The molecule has 6 nitrogen and oxygen atoms in total. The third-order valence-electron chi connectivity index (χ3n) is 4.35. The van der Waals surface area contributed by atoms with Gasteiger partial charge in [-0.15, -0.1) is 0 Å². The molecule has 1 aliphatic rings. The summed E-state index contributed by atoms with van der Waals surface area (Å²) in [6.07, 6.45) is 4.25. The van der Waals surface area contributed by atoms with Crippen molar-refractivity contribution in [3.8, 4) is 5.69 Å². The second-order valence-electron chi connectivity index (χ2n) is 6.24. The number of aromatic nitrogens is 2. The van der Waals surface area contributed by atoms with Crippen molar-refractivity contribution in [2.45, 2.75) is 19.8 Å². The van der Waals surface area contributed by atoms with Gasteiger partial charge in [-0.1, -0.05) is 18.2 Å². The zero-order chi connectivity index (χ0) is 16.4. The number of carbonyl (C=O) groups is 2. The molecule has 1 fully saturated rings. The number of carboxylic acid groups (broad SMARTS) is 1. The van der Waals surface area contributed by atoms with Crippen molar-refractivity contribution in [2.75, 3.05) is 13.1 Å². The normalized spacial score (nSPS) is 20.7. The van der Waals surface area contributed by atoms with Crippen LogP contribution in [0.25, 0.3) is 5.69 Å². The number of aliphatic carboxylic acids is 1. The molecule has 120 valence electrons. The van der Waals surface area contributed by atoms with Gasteiger partial charge in [0.1, 0.15) is 0 Å². The Hall–Kier alpha value is -2.63. The van der Waals surface area contributed by atoms with Gasteiger partial charge in [0.25, 0.3) is 0 Å². The van der Waals surface area contributed by atoms with Crippen LogP contribution < -0.4 is 0 Å². The SMILES string of the molecule is C[C@]1(C(=O)O)CCN(C(=O)Cc2cnn(-c3ccccc3)c2)C1. The molecule has 0 radical (unpaired) electrons. The average Bonchev–Trinajstić information content (AvgIpc) is 3.16. The number of hydrogen-bond acceptors (Lipinski definition) is 3.